The number of carbonyl (C=O) groups is 1. The molecular weight excluding hydrogens is 346 g/mol. The van der Waals surface area contributed by atoms with E-state index in [0.29, 0.717) is 18.7 Å². The van der Waals surface area contributed by atoms with Gasteiger partial charge in [-0.1, -0.05) is 30.8 Å². The maximum atomic E-state index is 13.1. The van der Waals surface area contributed by atoms with E-state index in [2.05, 4.69) is 4.99 Å². The number of aliphatic imine (C=N–C) groups is 1. The standard InChI is InChI=1S/C16H17F4NO2S/c1-9(10-4-6-11(17)7-5-10)8-12-21-13(22)14(2,24-12)15(3,23)16(18,19)20/h4-7,9,23H,8H2,1-3H3/t9-,14?,15?/m1/s1. The van der Waals surface area contributed by atoms with Gasteiger partial charge in [0.1, 0.15) is 10.6 Å². The van der Waals surface area contributed by atoms with Gasteiger partial charge < -0.3 is 5.11 Å². The summed E-state index contributed by atoms with van der Waals surface area (Å²) >= 11 is 0.637. The summed E-state index contributed by atoms with van der Waals surface area (Å²) in [6, 6.07) is 5.73. The van der Waals surface area contributed by atoms with Gasteiger partial charge in [-0.05, 0) is 37.5 Å². The molecule has 0 saturated heterocycles. The molecule has 0 fully saturated rings. The molecule has 2 unspecified atom stereocenters. The average molecular weight is 363 g/mol. The number of thioether (sulfide) groups is 1. The molecule has 1 aromatic carbocycles. The summed E-state index contributed by atoms with van der Waals surface area (Å²) in [5.74, 6) is -1.55. The lowest BCUT2D eigenvalue weighted by Crippen LogP contribution is -2.60. The fraction of sp³-hybridized carbons (Fsp3) is 0.500. The molecule has 0 aliphatic carbocycles. The minimum absolute atomic E-state index is 0.164. The highest BCUT2D eigenvalue weighted by atomic mass is 32.2. The molecule has 0 spiro atoms. The number of aliphatic hydroxyl groups is 1. The van der Waals surface area contributed by atoms with Crippen LogP contribution in [-0.2, 0) is 4.79 Å². The van der Waals surface area contributed by atoms with Crippen molar-refractivity contribution in [2.24, 2.45) is 4.99 Å². The molecule has 3 atom stereocenters. The van der Waals surface area contributed by atoms with Crippen LogP contribution in [-0.4, -0.2) is 32.6 Å². The Kier molecular flexibility index (Phi) is 4.85. The second-order valence-corrected chi connectivity index (χ2v) is 7.66. The Balaban J connectivity index is 2.17. The van der Waals surface area contributed by atoms with Gasteiger partial charge >= 0.3 is 6.18 Å². The molecule has 8 heteroatoms. The fourth-order valence-corrected chi connectivity index (χ4v) is 3.74. The molecule has 3 nitrogen and oxygen atoms in total. The summed E-state index contributed by atoms with van der Waals surface area (Å²) in [4.78, 5) is 15.8. The normalized spacial score (nSPS) is 25.3. The van der Waals surface area contributed by atoms with Crippen molar-refractivity contribution in [2.75, 3.05) is 0 Å². The molecule has 0 radical (unpaired) electrons. The van der Waals surface area contributed by atoms with E-state index in [0.717, 1.165) is 12.5 Å². The first-order valence-electron chi connectivity index (χ1n) is 7.24. The van der Waals surface area contributed by atoms with E-state index in [1.165, 1.54) is 12.1 Å². The highest BCUT2D eigenvalue weighted by Gasteiger charge is 2.66. The predicted octanol–water partition coefficient (Wildman–Crippen LogP) is 4.06. The van der Waals surface area contributed by atoms with Crippen LogP contribution in [0.3, 0.4) is 0 Å². The maximum absolute atomic E-state index is 13.1. The van der Waals surface area contributed by atoms with Crippen LogP contribution in [0.2, 0.25) is 0 Å². The summed E-state index contributed by atoms with van der Waals surface area (Å²) in [5, 5.41) is 10.1. The molecule has 0 aromatic heterocycles. The minimum Gasteiger partial charge on any atom is -0.379 e. The quantitative estimate of drug-likeness (QED) is 0.821. The van der Waals surface area contributed by atoms with Gasteiger partial charge in [0.25, 0.3) is 5.91 Å². The van der Waals surface area contributed by atoms with Gasteiger partial charge in [0, 0.05) is 6.42 Å². The highest BCUT2D eigenvalue weighted by Crippen LogP contribution is 2.50. The third kappa shape index (κ3) is 3.21. The van der Waals surface area contributed by atoms with Gasteiger partial charge in [-0.15, -0.1) is 0 Å². The number of hydrogen-bond donors (Lipinski definition) is 1. The number of rotatable bonds is 4. The molecule has 1 aromatic rings. The van der Waals surface area contributed by atoms with Crippen LogP contribution < -0.4 is 0 Å². The van der Waals surface area contributed by atoms with Crippen molar-refractivity contribution in [3.8, 4) is 0 Å². The maximum Gasteiger partial charge on any atom is 0.418 e. The third-order valence-electron chi connectivity index (χ3n) is 4.36. The second-order valence-electron chi connectivity index (χ2n) is 6.17. The third-order valence-corrected chi connectivity index (χ3v) is 5.83. The SMILES string of the molecule is C[C@H](CC1=NC(=O)C(C)(C(C)(O)C(F)(F)F)S1)c1ccc(F)cc1. The summed E-state index contributed by atoms with van der Waals surface area (Å²) < 4.78 is 50.1. The Labute approximate surface area is 141 Å². The van der Waals surface area contributed by atoms with Crippen molar-refractivity contribution in [3.05, 3.63) is 35.6 Å². The highest BCUT2D eigenvalue weighted by molar-refractivity contribution is 8.16. The smallest absolute Gasteiger partial charge is 0.379 e. The second kappa shape index (κ2) is 6.15. The topological polar surface area (TPSA) is 49.7 Å². The van der Waals surface area contributed by atoms with Gasteiger partial charge in [-0.25, -0.2) is 9.38 Å². The van der Waals surface area contributed by atoms with E-state index < -0.39 is 22.4 Å². The minimum atomic E-state index is -4.96. The summed E-state index contributed by atoms with van der Waals surface area (Å²) in [6.45, 7) is 3.44. The molecule has 132 valence electrons. The first-order chi connectivity index (χ1) is 10.9. The van der Waals surface area contributed by atoms with Crippen molar-refractivity contribution in [2.45, 2.75) is 49.6 Å². The molecule has 1 amide bonds. The van der Waals surface area contributed by atoms with Gasteiger partial charge in [0.2, 0.25) is 0 Å². The molecule has 0 saturated carbocycles. The van der Waals surface area contributed by atoms with Crippen LogP contribution in [0, 0.1) is 5.82 Å². The van der Waals surface area contributed by atoms with E-state index in [9.17, 15) is 27.5 Å². The molecule has 1 heterocycles. The van der Waals surface area contributed by atoms with Crippen molar-refractivity contribution in [3.63, 3.8) is 0 Å². The van der Waals surface area contributed by atoms with E-state index in [4.69, 9.17) is 0 Å². The number of amides is 1. The summed E-state index contributed by atoms with van der Waals surface area (Å²) in [5.41, 5.74) is -2.42. The zero-order valence-electron chi connectivity index (χ0n) is 13.3. The number of hydrogen-bond acceptors (Lipinski definition) is 3. The van der Waals surface area contributed by atoms with E-state index in [-0.39, 0.29) is 23.2 Å². The van der Waals surface area contributed by atoms with E-state index in [1.807, 2.05) is 0 Å². The molecular formula is C16H17F4NO2S. The van der Waals surface area contributed by atoms with E-state index in [1.54, 1.807) is 19.1 Å². The van der Waals surface area contributed by atoms with Gasteiger partial charge in [-0.3, -0.25) is 4.79 Å². The van der Waals surface area contributed by atoms with Crippen molar-refractivity contribution < 1.29 is 27.5 Å². The molecule has 0 bridgehead atoms. The Morgan fingerprint density at radius 2 is 1.83 bits per heavy atom. The van der Waals surface area contributed by atoms with Crippen molar-refractivity contribution in [1.82, 2.24) is 0 Å². The lowest BCUT2D eigenvalue weighted by atomic mass is 9.88. The number of carbonyl (C=O) groups excluding carboxylic acids is 1. The summed E-state index contributed by atoms with van der Waals surface area (Å²) in [7, 11) is 0. The Bertz CT molecular complexity index is 670. The van der Waals surface area contributed by atoms with Crippen LogP contribution in [0.25, 0.3) is 0 Å². The lowest BCUT2D eigenvalue weighted by molar-refractivity contribution is -0.260. The first kappa shape index (κ1) is 18.9. The molecule has 1 aliphatic rings. The molecule has 1 N–H and O–H groups in total. The average Bonchev–Trinajstić information content (AvgIpc) is 2.74. The van der Waals surface area contributed by atoms with Gasteiger partial charge in [0.15, 0.2) is 5.60 Å². The molecule has 2 rings (SSSR count). The van der Waals surface area contributed by atoms with Crippen LogP contribution in [0.15, 0.2) is 29.3 Å². The predicted molar refractivity (Wildman–Crippen MR) is 84.5 cm³/mol. The van der Waals surface area contributed by atoms with Crippen LogP contribution in [0.4, 0.5) is 17.6 Å². The Hall–Kier alpha value is -1.41. The number of alkyl halides is 3. The molecule has 24 heavy (non-hydrogen) atoms. The summed E-state index contributed by atoms with van der Waals surface area (Å²) in [6.07, 6.45) is -4.73. The number of benzene rings is 1. The van der Waals surface area contributed by atoms with Crippen molar-refractivity contribution in [1.29, 1.82) is 0 Å². The van der Waals surface area contributed by atoms with Crippen LogP contribution in [0.1, 0.15) is 38.7 Å². The van der Waals surface area contributed by atoms with Gasteiger partial charge in [0.05, 0.1) is 5.04 Å². The number of halogens is 4. The Morgan fingerprint density at radius 1 is 1.29 bits per heavy atom. The number of nitrogens with zero attached hydrogens (tertiary/aromatic N) is 1. The monoisotopic (exact) mass is 363 g/mol. The Morgan fingerprint density at radius 3 is 2.33 bits per heavy atom. The molecule has 1 aliphatic heterocycles. The zero-order valence-corrected chi connectivity index (χ0v) is 14.1. The fourth-order valence-electron chi connectivity index (χ4n) is 2.36. The zero-order chi connectivity index (χ0) is 18.3. The van der Waals surface area contributed by atoms with Crippen molar-refractivity contribution >= 4 is 22.7 Å². The van der Waals surface area contributed by atoms with Crippen LogP contribution in [0.5, 0.6) is 0 Å². The lowest BCUT2D eigenvalue weighted by Gasteiger charge is -2.38. The van der Waals surface area contributed by atoms with Gasteiger partial charge in [-0.2, -0.15) is 13.2 Å². The largest absolute Gasteiger partial charge is 0.418 e. The van der Waals surface area contributed by atoms with Crippen LogP contribution >= 0.6 is 11.8 Å². The van der Waals surface area contributed by atoms with E-state index >= 15 is 0 Å². The first-order valence-corrected chi connectivity index (χ1v) is 8.05.